The summed E-state index contributed by atoms with van der Waals surface area (Å²) < 4.78 is 9.86. The van der Waals surface area contributed by atoms with Gasteiger partial charge in [0.15, 0.2) is 0 Å². The molecule has 2 rings (SSSR count). The molecule has 0 aliphatic carbocycles. The van der Waals surface area contributed by atoms with Crippen molar-refractivity contribution in [1.29, 1.82) is 0 Å². The minimum Gasteiger partial charge on any atom is -0.388 e. The van der Waals surface area contributed by atoms with Gasteiger partial charge in [0, 0.05) is 0 Å². The topological polar surface area (TPSA) is 111 Å². The molecule has 4 atom stereocenters. The number of ether oxygens (including phenoxy) is 2. The molecule has 0 aromatic heterocycles. The number of fused-ring (bicyclic) bond motifs is 1. The van der Waals surface area contributed by atoms with Gasteiger partial charge in [-0.05, 0) is 0 Å². The predicted molar refractivity (Wildman–Crippen MR) is 38.5 cm³/mol. The molecule has 2 aliphatic rings. The number of hydrogen-bond acceptors (Lipinski definition) is 7. The molecule has 0 aromatic rings. The summed E-state index contributed by atoms with van der Waals surface area (Å²) in [5, 5.41) is 27.9. The molecule has 0 aromatic carbocycles. The first-order chi connectivity index (χ1) is 6.56. The molecule has 2 N–H and O–H groups in total. The van der Waals surface area contributed by atoms with Gasteiger partial charge in [0.2, 0.25) is 0 Å². The molecule has 0 saturated carbocycles. The van der Waals surface area contributed by atoms with Gasteiger partial charge in [0.1, 0.15) is 18.3 Å². The van der Waals surface area contributed by atoms with Gasteiger partial charge in [-0.3, -0.25) is 4.84 Å². The highest BCUT2D eigenvalue weighted by molar-refractivity contribution is 5.00. The van der Waals surface area contributed by atoms with Crippen LogP contribution in [0.3, 0.4) is 0 Å². The van der Waals surface area contributed by atoms with E-state index >= 15 is 0 Å². The van der Waals surface area contributed by atoms with Crippen LogP contribution in [0.5, 0.6) is 0 Å². The van der Waals surface area contributed by atoms with E-state index in [1.807, 2.05) is 0 Å². The molecule has 0 amide bonds. The molecule has 0 spiro atoms. The molecule has 0 bridgehead atoms. The Labute approximate surface area is 78.1 Å². The van der Waals surface area contributed by atoms with Crippen molar-refractivity contribution in [1.82, 2.24) is 0 Å². The van der Waals surface area contributed by atoms with Crippen molar-refractivity contribution >= 4 is 0 Å². The summed E-state index contributed by atoms with van der Waals surface area (Å²) in [4.78, 5) is 14.5. The van der Waals surface area contributed by atoms with Crippen molar-refractivity contribution in [2.45, 2.75) is 24.1 Å². The molecule has 8 heteroatoms. The van der Waals surface area contributed by atoms with Gasteiger partial charge in [0.05, 0.1) is 13.2 Å². The Bertz CT molecular complexity index is 259. The molecule has 0 radical (unpaired) electrons. The second kappa shape index (κ2) is 3.02. The summed E-state index contributed by atoms with van der Waals surface area (Å²) in [5.74, 6) is -1.86. The number of hydrogen-bond donors (Lipinski definition) is 2. The monoisotopic (exact) mass is 207 g/mol. The molecule has 14 heavy (non-hydrogen) atoms. The van der Waals surface area contributed by atoms with E-state index in [2.05, 4.69) is 4.84 Å². The van der Waals surface area contributed by atoms with Crippen LogP contribution in [0.2, 0.25) is 0 Å². The van der Waals surface area contributed by atoms with E-state index in [1.54, 1.807) is 0 Å². The first-order valence-corrected chi connectivity index (χ1v) is 4.01. The SMILES string of the molecule is O=[N+]([O-])OC12OCC(O)C1OCC2O. The Morgan fingerprint density at radius 3 is 2.86 bits per heavy atom. The molecular formula is C6H9NO7. The van der Waals surface area contributed by atoms with Crippen LogP contribution in [-0.4, -0.2) is 52.6 Å². The highest BCUT2D eigenvalue weighted by Crippen LogP contribution is 2.38. The Morgan fingerprint density at radius 2 is 2.21 bits per heavy atom. The maximum absolute atomic E-state index is 10.2. The molecule has 2 saturated heterocycles. The van der Waals surface area contributed by atoms with E-state index in [4.69, 9.17) is 9.47 Å². The highest BCUT2D eigenvalue weighted by Gasteiger charge is 2.63. The van der Waals surface area contributed by atoms with Crippen LogP contribution in [0.4, 0.5) is 0 Å². The third-order valence-electron chi connectivity index (χ3n) is 2.34. The zero-order valence-electron chi connectivity index (χ0n) is 7.03. The van der Waals surface area contributed by atoms with Crippen LogP contribution in [0, 0.1) is 10.1 Å². The third kappa shape index (κ3) is 1.16. The normalized spacial score (nSPS) is 46.3. The Morgan fingerprint density at radius 1 is 1.50 bits per heavy atom. The largest absolute Gasteiger partial charge is 0.388 e. The predicted octanol–water partition coefficient (Wildman–Crippen LogP) is -1.96. The fourth-order valence-electron chi connectivity index (χ4n) is 1.73. The van der Waals surface area contributed by atoms with Crippen LogP contribution in [0.15, 0.2) is 0 Å². The maximum atomic E-state index is 10.2. The molecule has 80 valence electrons. The number of rotatable bonds is 2. The van der Waals surface area contributed by atoms with Crippen LogP contribution >= 0.6 is 0 Å². The number of aliphatic hydroxyl groups excluding tert-OH is 2. The van der Waals surface area contributed by atoms with Gasteiger partial charge in [-0.25, -0.2) is 0 Å². The van der Waals surface area contributed by atoms with Gasteiger partial charge in [-0.15, -0.1) is 10.1 Å². The second-order valence-electron chi connectivity index (χ2n) is 3.18. The van der Waals surface area contributed by atoms with Crippen molar-refractivity contribution in [2.24, 2.45) is 0 Å². The van der Waals surface area contributed by atoms with Gasteiger partial charge in [-0.2, -0.15) is 0 Å². The van der Waals surface area contributed by atoms with Crippen molar-refractivity contribution in [3.05, 3.63) is 10.1 Å². The van der Waals surface area contributed by atoms with E-state index < -0.39 is 29.2 Å². The zero-order valence-corrected chi connectivity index (χ0v) is 7.03. The van der Waals surface area contributed by atoms with Crippen LogP contribution < -0.4 is 0 Å². The van der Waals surface area contributed by atoms with Crippen LogP contribution in [-0.2, 0) is 14.3 Å². The van der Waals surface area contributed by atoms with E-state index in [-0.39, 0.29) is 13.2 Å². The molecule has 2 fully saturated rings. The van der Waals surface area contributed by atoms with Crippen molar-refractivity contribution in [3.63, 3.8) is 0 Å². The van der Waals surface area contributed by atoms with Gasteiger partial charge < -0.3 is 19.7 Å². The minimum absolute atomic E-state index is 0.157. The lowest BCUT2D eigenvalue weighted by molar-refractivity contribution is -0.798. The lowest BCUT2D eigenvalue weighted by atomic mass is 10.1. The summed E-state index contributed by atoms with van der Waals surface area (Å²) in [6.45, 7) is -0.314. The van der Waals surface area contributed by atoms with Crippen LogP contribution in [0.1, 0.15) is 0 Å². The lowest BCUT2D eigenvalue weighted by Gasteiger charge is -2.26. The average molecular weight is 207 g/mol. The maximum Gasteiger partial charge on any atom is 0.297 e. The average Bonchev–Trinajstić information content (AvgIpc) is 2.55. The second-order valence-corrected chi connectivity index (χ2v) is 3.18. The first kappa shape index (κ1) is 9.59. The fraction of sp³-hybridized carbons (Fsp3) is 1.00. The van der Waals surface area contributed by atoms with Crippen molar-refractivity contribution < 1.29 is 29.6 Å². The quantitative estimate of drug-likeness (QED) is 0.399. The van der Waals surface area contributed by atoms with Gasteiger partial charge in [-0.1, -0.05) is 0 Å². The summed E-state index contributed by atoms with van der Waals surface area (Å²) in [5.41, 5.74) is 0. The number of aliphatic hydroxyl groups is 2. The van der Waals surface area contributed by atoms with Crippen LogP contribution in [0.25, 0.3) is 0 Å². The van der Waals surface area contributed by atoms with E-state index in [1.165, 1.54) is 0 Å². The molecule has 8 nitrogen and oxygen atoms in total. The molecule has 4 unspecified atom stereocenters. The van der Waals surface area contributed by atoms with Crippen molar-refractivity contribution in [2.75, 3.05) is 13.2 Å². The Balaban J connectivity index is 2.23. The Kier molecular flexibility index (Phi) is 2.07. The Hall–Kier alpha value is -0.960. The molecule has 2 heterocycles. The first-order valence-electron chi connectivity index (χ1n) is 4.01. The summed E-state index contributed by atoms with van der Waals surface area (Å²) >= 11 is 0. The standard InChI is InChI=1S/C6H9NO7/c8-3-1-13-6(14-7(10)11)4(9)2-12-5(3)6/h3-5,8-9H,1-2H2. The molecule has 2 aliphatic heterocycles. The lowest BCUT2D eigenvalue weighted by Crippen LogP contribution is -2.50. The van der Waals surface area contributed by atoms with Gasteiger partial charge in [0.25, 0.3) is 10.9 Å². The third-order valence-corrected chi connectivity index (χ3v) is 2.34. The minimum atomic E-state index is -1.86. The summed E-state index contributed by atoms with van der Waals surface area (Å²) in [6, 6.07) is 0. The van der Waals surface area contributed by atoms with E-state index in [9.17, 15) is 20.3 Å². The van der Waals surface area contributed by atoms with E-state index in [0.717, 1.165) is 0 Å². The smallest absolute Gasteiger partial charge is 0.297 e. The highest BCUT2D eigenvalue weighted by atomic mass is 17.0. The molecular weight excluding hydrogens is 198 g/mol. The fourth-order valence-corrected chi connectivity index (χ4v) is 1.73. The van der Waals surface area contributed by atoms with Crippen molar-refractivity contribution in [3.8, 4) is 0 Å². The summed E-state index contributed by atoms with van der Waals surface area (Å²) in [6.07, 6.45) is -3.30. The summed E-state index contributed by atoms with van der Waals surface area (Å²) in [7, 11) is 0. The zero-order chi connectivity index (χ0) is 10.3. The van der Waals surface area contributed by atoms with E-state index in [0.29, 0.717) is 0 Å². The van der Waals surface area contributed by atoms with Gasteiger partial charge >= 0.3 is 0 Å². The number of nitrogens with zero attached hydrogens (tertiary/aromatic N) is 1.